The van der Waals surface area contributed by atoms with Crippen LogP contribution in [0, 0.1) is 13.8 Å². The molecular formula is C20H24ClN5OS. The Morgan fingerprint density at radius 1 is 1.32 bits per heavy atom. The van der Waals surface area contributed by atoms with Gasteiger partial charge in [-0.25, -0.2) is 9.50 Å². The van der Waals surface area contributed by atoms with Crippen LogP contribution in [0.4, 0.5) is 0 Å². The van der Waals surface area contributed by atoms with Gasteiger partial charge in [-0.05, 0) is 50.5 Å². The molecule has 0 aliphatic rings. The molecule has 0 radical (unpaired) electrons. The van der Waals surface area contributed by atoms with Crippen LogP contribution >= 0.6 is 23.4 Å². The molecule has 0 saturated carbocycles. The minimum atomic E-state index is -0.0132. The zero-order chi connectivity index (χ0) is 20.3. The molecule has 0 saturated heterocycles. The summed E-state index contributed by atoms with van der Waals surface area (Å²) in [6.45, 7) is 8.02. The summed E-state index contributed by atoms with van der Waals surface area (Å²) in [4.78, 5) is 21.1. The van der Waals surface area contributed by atoms with Crippen molar-refractivity contribution < 1.29 is 4.79 Å². The number of carbonyl (C=O) groups excluding carboxylic acids is 1. The van der Waals surface area contributed by atoms with E-state index in [4.69, 9.17) is 11.6 Å². The van der Waals surface area contributed by atoms with Crippen molar-refractivity contribution in [1.82, 2.24) is 24.9 Å². The summed E-state index contributed by atoms with van der Waals surface area (Å²) >= 11 is 7.43. The zero-order valence-corrected chi connectivity index (χ0v) is 18.1. The second kappa shape index (κ2) is 8.92. The molecule has 1 atom stereocenters. The maximum Gasteiger partial charge on any atom is 0.253 e. The lowest BCUT2D eigenvalue weighted by Gasteiger charge is -2.10. The van der Waals surface area contributed by atoms with E-state index in [1.54, 1.807) is 4.52 Å². The highest BCUT2D eigenvalue weighted by molar-refractivity contribution is 7.99. The van der Waals surface area contributed by atoms with Gasteiger partial charge in [0.05, 0.1) is 5.75 Å². The average Bonchev–Trinajstić information content (AvgIpc) is 3.06. The van der Waals surface area contributed by atoms with Crippen LogP contribution in [-0.2, 0) is 11.2 Å². The highest BCUT2D eigenvalue weighted by Crippen LogP contribution is 2.21. The standard InChI is InChI=1S/C20H24ClN5OS/c1-5-12(2)22-18(27)11-28-20-24-19-23-13(3)17(14(4)26(19)25-20)10-15-7-6-8-16(21)9-15/h6-9,12H,5,10-11H2,1-4H3,(H,22,27). The van der Waals surface area contributed by atoms with E-state index in [1.165, 1.54) is 11.8 Å². The van der Waals surface area contributed by atoms with Gasteiger partial charge in [-0.15, -0.1) is 5.10 Å². The van der Waals surface area contributed by atoms with Crippen molar-refractivity contribution in [1.29, 1.82) is 0 Å². The monoisotopic (exact) mass is 417 g/mol. The Bertz CT molecular complexity index is 1000. The van der Waals surface area contributed by atoms with Crippen LogP contribution in [0.25, 0.3) is 5.78 Å². The van der Waals surface area contributed by atoms with Crippen LogP contribution < -0.4 is 5.32 Å². The number of halogens is 1. The van der Waals surface area contributed by atoms with Gasteiger partial charge in [-0.1, -0.05) is 42.4 Å². The van der Waals surface area contributed by atoms with Gasteiger partial charge in [0.15, 0.2) is 0 Å². The largest absolute Gasteiger partial charge is 0.353 e. The summed E-state index contributed by atoms with van der Waals surface area (Å²) in [5.74, 6) is 0.824. The van der Waals surface area contributed by atoms with E-state index in [-0.39, 0.29) is 17.7 Å². The zero-order valence-electron chi connectivity index (χ0n) is 16.5. The molecule has 1 N–H and O–H groups in total. The van der Waals surface area contributed by atoms with E-state index in [0.29, 0.717) is 10.9 Å². The maximum atomic E-state index is 12.0. The number of nitrogens with one attached hydrogen (secondary N) is 1. The predicted molar refractivity (Wildman–Crippen MR) is 113 cm³/mol. The summed E-state index contributed by atoms with van der Waals surface area (Å²) in [6.07, 6.45) is 1.63. The minimum absolute atomic E-state index is 0.0132. The van der Waals surface area contributed by atoms with E-state index >= 15 is 0 Å². The first kappa shape index (κ1) is 20.6. The van der Waals surface area contributed by atoms with Crippen LogP contribution in [0.15, 0.2) is 29.4 Å². The Morgan fingerprint density at radius 3 is 2.82 bits per heavy atom. The van der Waals surface area contributed by atoms with E-state index in [0.717, 1.165) is 40.4 Å². The average molecular weight is 418 g/mol. The quantitative estimate of drug-likeness (QED) is 0.588. The number of aromatic nitrogens is 4. The number of hydrogen-bond acceptors (Lipinski definition) is 5. The number of fused-ring (bicyclic) bond motifs is 1. The Labute approximate surface area is 174 Å². The van der Waals surface area contributed by atoms with Gasteiger partial charge in [0.25, 0.3) is 5.78 Å². The minimum Gasteiger partial charge on any atom is -0.353 e. The molecule has 0 aliphatic heterocycles. The van der Waals surface area contributed by atoms with Crippen LogP contribution in [0.2, 0.25) is 5.02 Å². The molecule has 2 heterocycles. The molecule has 148 valence electrons. The lowest BCUT2D eigenvalue weighted by molar-refractivity contribution is -0.119. The summed E-state index contributed by atoms with van der Waals surface area (Å²) in [5.41, 5.74) is 4.14. The van der Waals surface area contributed by atoms with E-state index in [2.05, 4.69) is 20.4 Å². The van der Waals surface area contributed by atoms with Gasteiger partial charge in [-0.3, -0.25) is 4.79 Å². The predicted octanol–water partition coefficient (Wildman–Crippen LogP) is 3.99. The van der Waals surface area contributed by atoms with E-state index in [1.807, 2.05) is 52.0 Å². The summed E-state index contributed by atoms with van der Waals surface area (Å²) in [7, 11) is 0. The maximum absolute atomic E-state index is 12.0. The first-order valence-electron chi connectivity index (χ1n) is 9.26. The fraction of sp³-hybridized carbons (Fsp3) is 0.400. The molecule has 0 aliphatic carbocycles. The van der Waals surface area contributed by atoms with Crippen molar-refractivity contribution >= 4 is 35.0 Å². The number of benzene rings is 1. The summed E-state index contributed by atoms with van der Waals surface area (Å²) in [5, 5.41) is 8.76. The van der Waals surface area contributed by atoms with Crippen LogP contribution in [0.1, 0.15) is 42.8 Å². The van der Waals surface area contributed by atoms with Crippen LogP contribution in [-0.4, -0.2) is 37.3 Å². The third kappa shape index (κ3) is 4.83. The van der Waals surface area contributed by atoms with Crippen molar-refractivity contribution in [2.24, 2.45) is 0 Å². The SMILES string of the molecule is CCC(C)NC(=O)CSc1nc2nc(C)c(Cc3cccc(Cl)c3)c(C)n2n1. The van der Waals surface area contributed by atoms with Crippen molar-refractivity contribution in [2.75, 3.05) is 5.75 Å². The van der Waals surface area contributed by atoms with E-state index in [9.17, 15) is 4.79 Å². The third-order valence-electron chi connectivity index (χ3n) is 4.65. The molecule has 28 heavy (non-hydrogen) atoms. The van der Waals surface area contributed by atoms with Crippen LogP contribution in [0.5, 0.6) is 0 Å². The van der Waals surface area contributed by atoms with Gasteiger partial charge in [-0.2, -0.15) is 4.98 Å². The number of hydrogen-bond donors (Lipinski definition) is 1. The normalized spacial score (nSPS) is 12.3. The first-order chi connectivity index (χ1) is 13.4. The molecule has 2 aromatic heterocycles. The molecule has 6 nitrogen and oxygen atoms in total. The van der Waals surface area contributed by atoms with Crippen molar-refractivity contribution in [3.63, 3.8) is 0 Å². The highest BCUT2D eigenvalue weighted by Gasteiger charge is 2.15. The molecule has 3 rings (SSSR count). The van der Waals surface area contributed by atoms with Crippen molar-refractivity contribution in [3.05, 3.63) is 51.8 Å². The first-order valence-corrected chi connectivity index (χ1v) is 10.6. The van der Waals surface area contributed by atoms with Crippen LogP contribution in [0.3, 0.4) is 0 Å². The van der Waals surface area contributed by atoms with E-state index < -0.39 is 0 Å². The smallest absolute Gasteiger partial charge is 0.253 e. The van der Waals surface area contributed by atoms with Crippen molar-refractivity contribution in [3.8, 4) is 0 Å². The molecule has 1 amide bonds. The number of aryl methyl sites for hydroxylation is 2. The van der Waals surface area contributed by atoms with Gasteiger partial charge in [0.1, 0.15) is 0 Å². The van der Waals surface area contributed by atoms with Gasteiger partial charge in [0, 0.05) is 28.9 Å². The van der Waals surface area contributed by atoms with Crippen molar-refractivity contribution in [2.45, 2.75) is 51.7 Å². The molecule has 1 aromatic carbocycles. The fourth-order valence-electron chi connectivity index (χ4n) is 2.91. The molecule has 0 fully saturated rings. The van der Waals surface area contributed by atoms with Gasteiger partial charge in [0.2, 0.25) is 11.1 Å². The third-order valence-corrected chi connectivity index (χ3v) is 5.72. The number of carbonyl (C=O) groups is 1. The highest BCUT2D eigenvalue weighted by atomic mass is 35.5. The van der Waals surface area contributed by atoms with Gasteiger partial charge >= 0.3 is 0 Å². The second-order valence-corrected chi connectivity index (χ2v) is 8.22. The topological polar surface area (TPSA) is 72.2 Å². The molecular weight excluding hydrogens is 394 g/mol. The summed E-state index contributed by atoms with van der Waals surface area (Å²) in [6, 6.07) is 7.99. The number of amides is 1. The fourth-order valence-corrected chi connectivity index (χ4v) is 3.75. The number of thioether (sulfide) groups is 1. The molecule has 8 heteroatoms. The Hall–Kier alpha value is -2.12. The molecule has 3 aromatic rings. The molecule has 1 unspecified atom stereocenters. The second-order valence-electron chi connectivity index (χ2n) is 6.84. The lowest BCUT2D eigenvalue weighted by atomic mass is 10.0. The van der Waals surface area contributed by atoms with Gasteiger partial charge < -0.3 is 5.32 Å². The number of nitrogens with zero attached hydrogens (tertiary/aromatic N) is 4. The molecule has 0 spiro atoms. The lowest BCUT2D eigenvalue weighted by Crippen LogP contribution is -2.33. The Balaban J connectivity index is 1.80. The molecule has 0 bridgehead atoms. The Morgan fingerprint density at radius 2 is 2.11 bits per heavy atom. The Kier molecular flexibility index (Phi) is 6.57. The summed E-state index contributed by atoms with van der Waals surface area (Å²) < 4.78 is 1.75. The number of rotatable bonds is 7.